The fraction of sp³-hybridized carbons (Fsp3) is 0.667. The Morgan fingerprint density at radius 2 is 1.74 bits per heavy atom. The molecule has 1 saturated carbocycles. The molecule has 1 aromatic rings. The smallest absolute Gasteiger partial charge is 0.355 e. The van der Waals surface area contributed by atoms with E-state index in [9.17, 15) is 14.4 Å². The quantitative estimate of drug-likeness (QED) is 0.539. The van der Waals surface area contributed by atoms with Crippen molar-refractivity contribution in [2.45, 2.75) is 72.3 Å². The number of Topliss-reactive ketones (excluding diaryl/α,β-unsaturated/α-hetero) is 1. The van der Waals surface area contributed by atoms with Gasteiger partial charge in [-0.15, -0.1) is 0 Å². The van der Waals surface area contributed by atoms with Gasteiger partial charge in [0.15, 0.2) is 5.78 Å². The molecule has 1 aromatic heterocycles. The molecule has 1 heterocycles. The molecule has 1 aliphatic carbocycles. The van der Waals surface area contributed by atoms with Crippen LogP contribution in [0, 0.1) is 13.8 Å². The van der Waals surface area contributed by atoms with Gasteiger partial charge in [0.05, 0.1) is 13.2 Å². The number of ketones is 1. The van der Waals surface area contributed by atoms with Crippen LogP contribution >= 0.6 is 0 Å². The lowest BCUT2D eigenvalue weighted by Gasteiger charge is -2.34. The average Bonchev–Trinajstić information content (AvgIpc) is 2.88. The van der Waals surface area contributed by atoms with Crippen LogP contribution in [0.5, 0.6) is 0 Å². The summed E-state index contributed by atoms with van der Waals surface area (Å²) in [4.78, 5) is 39.7. The van der Waals surface area contributed by atoms with Crippen LogP contribution in [-0.4, -0.2) is 46.3 Å². The molecule has 0 radical (unpaired) electrons. The first kappa shape index (κ1) is 21.2. The van der Waals surface area contributed by atoms with Crippen molar-refractivity contribution in [1.82, 2.24) is 9.47 Å². The van der Waals surface area contributed by atoms with Gasteiger partial charge in [-0.1, -0.05) is 26.2 Å². The van der Waals surface area contributed by atoms with Gasteiger partial charge >= 0.3 is 5.97 Å². The minimum atomic E-state index is -0.423. The molecule has 0 N–H and O–H groups in total. The molecule has 6 nitrogen and oxygen atoms in total. The largest absolute Gasteiger partial charge is 0.461 e. The summed E-state index contributed by atoms with van der Waals surface area (Å²) >= 11 is 0. The zero-order chi connectivity index (χ0) is 20.1. The third-order valence-electron chi connectivity index (χ3n) is 5.63. The molecule has 2 rings (SSSR count). The first-order valence-electron chi connectivity index (χ1n) is 9.99. The van der Waals surface area contributed by atoms with Crippen LogP contribution in [-0.2, 0) is 16.6 Å². The van der Waals surface area contributed by atoms with E-state index < -0.39 is 5.97 Å². The minimum absolute atomic E-state index is 0.0205. The number of aromatic nitrogens is 1. The van der Waals surface area contributed by atoms with Crippen LogP contribution < -0.4 is 0 Å². The van der Waals surface area contributed by atoms with E-state index in [1.165, 1.54) is 6.42 Å². The monoisotopic (exact) mass is 376 g/mol. The van der Waals surface area contributed by atoms with E-state index in [-0.39, 0.29) is 30.9 Å². The van der Waals surface area contributed by atoms with Crippen molar-refractivity contribution in [3.8, 4) is 0 Å². The zero-order valence-electron chi connectivity index (χ0n) is 17.3. The van der Waals surface area contributed by atoms with Crippen molar-refractivity contribution in [2.24, 2.45) is 7.05 Å². The lowest BCUT2D eigenvalue weighted by Crippen LogP contribution is -2.44. The maximum Gasteiger partial charge on any atom is 0.355 e. The Hall–Kier alpha value is -2.11. The van der Waals surface area contributed by atoms with E-state index >= 15 is 0 Å². The topological polar surface area (TPSA) is 68.6 Å². The Labute approximate surface area is 161 Å². The molecular weight excluding hydrogens is 344 g/mol. The van der Waals surface area contributed by atoms with E-state index in [0.29, 0.717) is 23.2 Å². The average molecular weight is 376 g/mol. The predicted octanol–water partition coefficient (Wildman–Crippen LogP) is 3.57. The summed E-state index contributed by atoms with van der Waals surface area (Å²) in [5.41, 5.74) is 2.30. The van der Waals surface area contributed by atoms with Crippen molar-refractivity contribution < 1.29 is 19.1 Å². The van der Waals surface area contributed by atoms with Gasteiger partial charge in [0.1, 0.15) is 5.69 Å². The van der Waals surface area contributed by atoms with Crippen molar-refractivity contribution >= 4 is 17.7 Å². The van der Waals surface area contributed by atoms with E-state index in [4.69, 9.17) is 4.74 Å². The summed E-state index contributed by atoms with van der Waals surface area (Å²) in [6, 6.07) is 0.143. The second kappa shape index (κ2) is 9.20. The Morgan fingerprint density at radius 1 is 1.11 bits per heavy atom. The lowest BCUT2D eigenvalue weighted by molar-refractivity contribution is -0.133. The normalized spacial score (nSPS) is 14.9. The Bertz CT molecular complexity index is 714. The van der Waals surface area contributed by atoms with E-state index in [1.807, 2.05) is 13.8 Å². The lowest BCUT2D eigenvalue weighted by atomic mass is 9.93. The van der Waals surface area contributed by atoms with Gasteiger partial charge < -0.3 is 14.2 Å². The minimum Gasteiger partial charge on any atom is -0.461 e. The molecule has 0 spiro atoms. The van der Waals surface area contributed by atoms with Crippen LogP contribution in [0.15, 0.2) is 0 Å². The van der Waals surface area contributed by atoms with E-state index in [2.05, 4.69) is 0 Å². The maximum atomic E-state index is 13.1. The third-order valence-corrected chi connectivity index (χ3v) is 5.63. The molecule has 0 aliphatic heterocycles. The standard InChI is InChI=1S/C21H32N2O4/c1-6-18(25)23(16-11-9-8-10-12-16)13-17(24)19-14(3)20(21(26)27-7-2)22(5)15(19)4/h16H,6-13H2,1-5H3. The van der Waals surface area contributed by atoms with Crippen molar-refractivity contribution in [2.75, 3.05) is 13.2 Å². The third kappa shape index (κ3) is 4.42. The summed E-state index contributed by atoms with van der Waals surface area (Å²) in [5, 5.41) is 0. The number of rotatable bonds is 7. The van der Waals surface area contributed by atoms with Crippen LogP contribution in [0.1, 0.15) is 84.5 Å². The Kier molecular flexibility index (Phi) is 7.22. The number of esters is 1. The molecule has 0 atom stereocenters. The number of nitrogens with zero attached hydrogens (tertiary/aromatic N) is 2. The molecular formula is C21H32N2O4. The molecule has 0 aromatic carbocycles. The summed E-state index contributed by atoms with van der Waals surface area (Å²) in [6.45, 7) is 7.56. The first-order chi connectivity index (χ1) is 12.8. The fourth-order valence-electron chi connectivity index (χ4n) is 4.13. The Balaban J connectivity index is 2.31. The van der Waals surface area contributed by atoms with Crippen molar-refractivity contribution in [1.29, 1.82) is 0 Å². The molecule has 27 heavy (non-hydrogen) atoms. The van der Waals surface area contributed by atoms with Crippen LogP contribution in [0.4, 0.5) is 0 Å². The number of hydrogen-bond donors (Lipinski definition) is 0. The summed E-state index contributed by atoms with van der Waals surface area (Å²) in [6.07, 6.45) is 5.70. The van der Waals surface area contributed by atoms with Gasteiger partial charge in [0.25, 0.3) is 0 Å². The van der Waals surface area contributed by atoms with Gasteiger partial charge in [-0.25, -0.2) is 4.79 Å². The Morgan fingerprint density at radius 3 is 2.30 bits per heavy atom. The van der Waals surface area contributed by atoms with Gasteiger partial charge in [0, 0.05) is 30.8 Å². The SMILES string of the molecule is CCOC(=O)c1c(C)c(C(=O)CN(C(=O)CC)C2CCCCC2)c(C)n1C. The van der Waals surface area contributed by atoms with Gasteiger partial charge in [-0.2, -0.15) is 0 Å². The van der Waals surface area contributed by atoms with Crippen molar-refractivity contribution in [3.63, 3.8) is 0 Å². The molecule has 1 aliphatic rings. The molecule has 150 valence electrons. The molecule has 1 amide bonds. The van der Waals surface area contributed by atoms with Crippen LogP contribution in [0.3, 0.4) is 0 Å². The molecule has 6 heteroatoms. The highest BCUT2D eigenvalue weighted by atomic mass is 16.5. The number of carbonyl (C=O) groups excluding carboxylic acids is 3. The highest BCUT2D eigenvalue weighted by molar-refractivity contribution is 6.04. The van der Waals surface area contributed by atoms with Gasteiger partial charge in [0.2, 0.25) is 5.91 Å². The zero-order valence-corrected chi connectivity index (χ0v) is 17.3. The molecule has 0 unspecified atom stereocenters. The molecule has 1 fully saturated rings. The van der Waals surface area contributed by atoms with Crippen molar-refractivity contribution in [3.05, 3.63) is 22.5 Å². The maximum absolute atomic E-state index is 13.1. The fourth-order valence-corrected chi connectivity index (χ4v) is 4.13. The van der Waals surface area contributed by atoms with Gasteiger partial charge in [-0.05, 0) is 39.2 Å². The first-order valence-corrected chi connectivity index (χ1v) is 9.99. The second-order valence-electron chi connectivity index (χ2n) is 7.30. The van der Waals surface area contributed by atoms with E-state index in [1.54, 1.807) is 30.4 Å². The predicted molar refractivity (Wildman–Crippen MR) is 104 cm³/mol. The summed E-state index contributed by atoms with van der Waals surface area (Å²) < 4.78 is 6.85. The molecule has 0 saturated heterocycles. The van der Waals surface area contributed by atoms with Crippen LogP contribution in [0.25, 0.3) is 0 Å². The summed E-state index contributed by atoms with van der Waals surface area (Å²) in [7, 11) is 1.77. The number of ether oxygens (including phenoxy) is 1. The number of amides is 1. The van der Waals surface area contributed by atoms with Crippen LogP contribution in [0.2, 0.25) is 0 Å². The highest BCUT2D eigenvalue weighted by Crippen LogP contribution is 2.26. The molecule has 0 bridgehead atoms. The van der Waals surface area contributed by atoms with Gasteiger partial charge in [-0.3, -0.25) is 9.59 Å². The number of carbonyl (C=O) groups is 3. The van der Waals surface area contributed by atoms with E-state index in [0.717, 1.165) is 31.4 Å². The summed E-state index contributed by atoms with van der Waals surface area (Å²) in [5.74, 6) is -0.510. The number of hydrogen-bond acceptors (Lipinski definition) is 4. The second-order valence-corrected chi connectivity index (χ2v) is 7.30. The highest BCUT2D eigenvalue weighted by Gasteiger charge is 2.30.